The summed E-state index contributed by atoms with van der Waals surface area (Å²) >= 11 is 1.81. The molecular formula is C16H21N3S. The molecule has 1 N–H and O–H groups in total. The van der Waals surface area contributed by atoms with Crippen molar-refractivity contribution in [3.05, 3.63) is 52.0 Å². The minimum Gasteiger partial charge on any atom is -0.311 e. The molecule has 2 heterocycles. The summed E-state index contributed by atoms with van der Waals surface area (Å²) in [5.74, 6) is 0. The molecule has 0 radical (unpaired) electrons. The Morgan fingerprint density at radius 2 is 2.20 bits per heavy atom. The van der Waals surface area contributed by atoms with Gasteiger partial charge in [0.15, 0.2) is 0 Å². The molecule has 20 heavy (non-hydrogen) atoms. The van der Waals surface area contributed by atoms with Gasteiger partial charge in [-0.05, 0) is 18.9 Å². The molecule has 106 valence electrons. The van der Waals surface area contributed by atoms with Crippen LogP contribution in [-0.2, 0) is 13.0 Å². The van der Waals surface area contributed by atoms with E-state index in [9.17, 15) is 0 Å². The van der Waals surface area contributed by atoms with E-state index < -0.39 is 0 Å². The van der Waals surface area contributed by atoms with E-state index in [2.05, 4.69) is 52.5 Å². The lowest BCUT2D eigenvalue weighted by molar-refractivity contribution is 0.193. The van der Waals surface area contributed by atoms with Crippen LogP contribution in [0.1, 0.15) is 15.4 Å². The van der Waals surface area contributed by atoms with Crippen molar-refractivity contribution in [2.45, 2.75) is 25.9 Å². The van der Waals surface area contributed by atoms with Gasteiger partial charge in [-0.2, -0.15) is 0 Å². The lowest BCUT2D eigenvalue weighted by Crippen LogP contribution is -2.51. The van der Waals surface area contributed by atoms with E-state index in [0.717, 1.165) is 37.6 Å². The van der Waals surface area contributed by atoms with E-state index in [1.165, 1.54) is 10.4 Å². The predicted molar refractivity (Wildman–Crippen MR) is 84.1 cm³/mol. The lowest BCUT2D eigenvalue weighted by atomic mass is 10.0. The van der Waals surface area contributed by atoms with Crippen molar-refractivity contribution in [1.29, 1.82) is 0 Å². The molecule has 0 saturated carbocycles. The maximum atomic E-state index is 4.35. The molecular weight excluding hydrogens is 266 g/mol. The van der Waals surface area contributed by atoms with Gasteiger partial charge < -0.3 is 5.32 Å². The molecule has 0 spiro atoms. The summed E-state index contributed by atoms with van der Waals surface area (Å²) in [5.41, 5.74) is 1.42. The molecule has 1 saturated heterocycles. The first-order valence-corrected chi connectivity index (χ1v) is 8.02. The van der Waals surface area contributed by atoms with Crippen LogP contribution in [-0.4, -0.2) is 35.6 Å². The van der Waals surface area contributed by atoms with Crippen LogP contribution in [0.4, 0.5) is 0 Å². The number of nitrogens with zero attached hydrogens (tertiary/aromatic N) is 2. The third-order valence-electron chi connectivity index (χ3n) is 3.71. The van der Waals surface area contributed by atoms with Crippen LogP contribution in [0.3, 0.4) is 0 Å². The van der Waals surface area contributed by atoms with Crippen LogP contribution >= 0.6 is 11.3 Å². The van der Waals surface area contributed by atoms with Gasteiger partial charge >= 0.3 is 0 Å². The number of piperazine rings is 1. The Kier molecular flexibility index (Phi) is 4.45. The highest BCUT2D eigenvalue weighted by atomic mass is 32.1. The largest absolute Gasteiger partial charge is 0.311 e. The summed E-state index contributed by atoms with van der Waals surface area (Å²) in [7, 11) is 0. The van der Waals surface area contributed by atoms with E-state index in [-0.39, 0.29) is 0 Å². The Hall–Kier alpha value is -1.23. The maximum Gasteiger partial charge on any atom is 0.0897 e. The highest BCUT2D eigenvalue weighted by Gasteiger charge is 2.20. The van der Waals surface area contributed by atoms with Crippen molar-refractivity contribution in [3.8, 4) is 0 Å². The smallest absolute Gasteiger partial charge is 0.0897 e. The van der Waals surface area contributed by atoms with Crippen LogP contribution in [0.2, 0.25) is 0 Å². The van der Waals surface area contributed by atoms with Crippen LogP contribution in [0, 0.1) is 6.92 Å². The summed E-state index contributed by atoms with van der Waals surface area (Å²) in [6.07, 6.45) is 3.13. The van der Waals surface area contributed by atoms with Crippen LogP contribution in [0.15, 0.2) is 36.5 Å². The van der Waals surface area contributed by atoms with Crippen molar-refractivity contribution in [1.82, 2.24) is 15.2 Å². The second-order valence-electron chi connectivity index (χ2n) is 5.42. The fourth-order valence-corrected chi connectivity index (χ4v) is 3.61. The van der Waals surface area contributed by atoms with Crippen molar-refractivity contribution < 1.29 is 0 Å². The summed E-state index contributed by atoms with van der Waals surface area (Å²) in [5, 5.41) is 4.80. The zero-order chi connectivity index (χ0) is 13.8. The quantitative estimate of drug-likeness (QED) is 0.936. The number of nitrogens with one attached hydrogen (secondary N) is 1. The molecule has 0 aliphatic carbocycles. The first-order valence-electron chi connectivity index (χ1n) is 7.20. The summed E-state index contributed by atoms with van der Waals surface area (Å²) < 4.78 is 0. The van der Waals surface area contributed by atoms with Gasteiger partial charge in [-0.1, -0.05) is 30.3 Å². The Morgan fingerprint density at radius 3 is 2.95 bits per heavy atom. The first kappa shape index (κ1) is 13.7. The van der Waals surface area contributed by atoms with Gasteiger partial charge in [-0.3, -0.25) is 4.90 Å². The summed E-state index contributed by atoms with van der Waals surface area (Å²) in [6, 6.07) is 11.3. The number of aromatic nitrogens is 1. The Bertz CT molecular complexity index is 538. The van der Waals surface area contributed by atoms with Crippen molar-refractivity contribution in [2.24, 2.45) is 0 Å². The average molecular weight is 287 g/mol. The fourth-order valence-electron chi connectivity index (χ4n) is 2.77. The molecule has 3 nitrogen and oxygen atoms in total. The van der Waals surface area contributed by atoms with Gasteiger partial charge in [-0.25, -0.2) is 4.98 Å². The number of rotatable bonds is 4. The van der Waals surface area contributed by atoms with Gasteiger partial charge in [0.2, 0.25) is 0 Å². The number of benzene rings is 1. The second kappa shape index (κ2) is 6.48. The molecule has 1 aliphatic rings. The number of hydrogen-bond donors (Lipinski definition) is 1. The van der Waals surface area contributed by atoms with E-state index in [1.54, 1.807) is 0 Å². The molecule has 1 unspecified atom stereocenters. The zero-order valence-electron chi connectivity index (χ0n) is 11.9. The van der Waals surface area contributed by atoms with Gasteiger partial charge in [0.05, 0.1) is 5.01 Å². The van der Waals surface area contributed by atoms with Crippen molar-refractivity contribution >= 4 is 11.3 Å². The molecule has 3 rings (SSSR count). The fraction of sp³-hybridized carbons (Fsp3) is 0.438. The minimum absolute atomic E-state index is 0.556. The SMILES string of the molecule is Cc1ncc(CN2CCNC(Cc3ccccc3)C2)s1. The van der Waals surface area contributed by atoms with Crippen LogP contribution < -0.4 is 5.32 Å². The van der Waals surface area contributed by atoms with Gasteiger partial charge in [0.1, 0.15) is 0 Å². The number of aryl methyl sites for hydroxylation is 1. The Labute approximate surface area is 124 Å². The normalized spacial score (nSPS) is 20.1. The van der Waals surface area contributed by atoms with E-state index in [0.29, 0.717) is 6.04 Å². The zero-order valence-corrected chi connectivity index (χ0v) is 12.7. The third-order valence-corrected chi connectivity index (χ3v) is 4.61. The Morgan fingerprint density at radius 1 is 1.35 bits per heavy atom. The lowest BCUT2D eigenvalue weighted by Gasteiger charge is -2.33. The highest BCUT2D eigenvalue weighted by Crippen LogP contribution is 2.16. The highest BCUT2D eigenvalue weighted by molar-refractivity contribution is 7.11. The molecule has 1 fully saturated rings. The molecule has 1 aromatic heterocycles. The van der Waals surface area contributed by atoms with Gasteiger partial charge in [-0.15, -0.1) is 11.3 Å². The maximum absolute atomic E-state index is 4.35. The van der Waals surface area contributed by atoms with E-state index in [1.807, 2.05) is 17.5 Å². The predicted octanol–water partition coefficient (Wildman–Crippen LogP) is 2.47. The number of hydrogen-bond acceptors (Lipinski definition) is 4. The Balaban J connectivity index is 1.56. The standard InChI is InChI=1S/C16H21N3S/c1-13-18-10-16(20-13)12-19-8-7-17-15(11-19)9-14-5-3-2-4-6-14/h2-6,10,15,17H,7-9,11-12H2,1H3. The van der Waals surface area contributed by atoms with Crippen molar-refractivity contribution in [3.63, 3.8) is 0 Å². The van der Waals surface area contributed by atoms with E-state index in [4.69, 9.17) is 0 Å². The minimum atomic E-state index is 0.556. The molecule has 2 aromatic rings. The first-order chi connectivity index (χ1) is 9.79. The molecule has 1 atom stereocenters. The topological polar surface area (TPSA) is 28.2 Å². The molecule has 0 amide bonds. The molecule has 4 heteroatoms. The molecule has 0 bridgehead atoms. The average Bonchev–Trinajstić information content (AvgIpc) is 2.86. The van der Waals surface area contributed by atoms with E-state index >= 15 is 0 Å². The van der Waals surface area contributed by atoms with Crippen LogP contribution in [0.25, 0.3) is 0 Å². The third kappa shape index (κ3) is 3.66. The molecule has 1 aromatic carbocycles. The summed E-state index contributed by atoms with van der Waals surface area (Å²) in [4.78, 5) is 8.26. The van der Waals surface area contributed by atoms with Crippen molar-refractivity contribution in [2.75, 3.05) is 19.6 Å². The second-order valence-corrected chi connectivity index (χ2v) is 6.74. The van der Waals surface area contributed by atoms with Gasteiger partial charge in [0.25, 0.3) is 0 Å². The summed E-state index contributed by atoms with van der Waals surface area (Å²) in [6.45, 7) is 6.44. The monoisotopic (exact) mass is 287 g/mol. The van der Waals surface area contributed by atoms with Gasteiger partial charge in [0, 0.05) is 43.3 Å². The molecule has 1 aliphatic heterocycles. The number of thiazole rings is 1. The van der Waals surface area contributed by atoms with Crippen LogP contribution in [0.5, 0.6) is 0 Å².